The summed E-state index contributed by atoms with van der Waals surface area (Å²) in [4.78, 5) is 5.17. The minimum absolute atomic E-state index is 0.101. The molecule has 96 valence electrons. The van der Waals surface area contributed by atoms with Gasteiger partial charge in [0.1, 0.15) is 5.82 Å². The van der Waals surface area contributed by atoms with Gasteiger partial charge in [0.05, 0.1) is 9.98 Å². The van der Waals surface area contributed by atoms with E-state index in [-0.39, 0.29) is 11.9 Å². The Labute approximate surface area is 118 Å². The van der Waals surface area contributed by atoms with Crippen molar-refractivity contribution in [1.29, 1.82) is 0 Å². The number of aromatic nitrogens is 1. The van der Waals surface area contributed by atoms with Crippen LogP contribution in [0.15, 0.2) is 34.4 Å². The Balaban J connectivity index is 2.17. The molecular formula is C13H14BrFN2S. The first kappa shape index (κ1) is 13.6. The van der Waals surface area contributed by atoms with E-state index in [4.69, 9.17) is 0 Å². The second-order valence-corrected chi connectivity index (χ2v) is 6.50. The maximum atomic E-state index is 13.2. The largest absolute Gasteiger partial charge is 0.310 e. The highest BCUT2D eigenvalue weighted by Crippen LogP contribution is 2.26. The molecule has 0 aromatic carbocycles. The van der Waals surface area contributed by atoms with Gasteiger partial charge in [0.25, 0.3) is 0 Å². The minimum Gasteiger partial charge on any atom is -0.310 e. The second-order valence-electron chi connectivity index (χ2n) is 3.96. The van der Waals surface area contributed by atoms with Gasteiger partial charge in [0.15, 0.2) is 0 Å². The summed E-state index contributed by atoms with van der Waals surface area (Å²) in [6.45, 7) is 2.89. The third kappa shape index (κ3) is 3.60. The summed E-state index contributed by atoms with van der Waals surface area (Å²) in [6.07, 6.45) is 3.79. The van der Waals surface area contributed by atoms with Gasteiger partial charge in [-0.05, 0) is 46.2 Å². The van der Waals surface area contributed by atoms with E-state index in [1.807, 2.05) is 13.0 Å². The average Bonchev–Trinajstić information content (AvgIpc) is 2.74. The predicted octanol–water partition coefficient (Wildman–Crippen LogP) is 3.94. The lowest BCUT2D eigenvalue weighted by Gasteiger charge is -2.17. The summed E-state index contributed by atoms with van der Waals surface area (Å²) in [6, 6.07) is 5.77. The van der Waals surface area contributed by atoms with Crippen molar-refractivity contribution >= 4 is 27.3 Å². The van der Waals surface area contributed by atoms with Gasteiger partial charge in [-0.2, -0.15) is 0 Å². The van der Waals surface area contributed by atoms with E-state index in [2.05, 4.69) is 32.3 Å². The smallest absolute Gasteiger partial charge is 0.141 e. The highest BCUT2D eigenvalue weighted by Gasteiger charge is 2.13. The summed E-state index contributed by atoms with van der Waals surface area (Å²) >= 11 is 5.16. The molecule has 1 unspecified atom stereocenters. The van der Waals surface area contributed by atoms with Gasteiger partial charge >= 0.3 is 0 Å². The Hall–Kier alpha value is -0.780. The fraction of sp³-hybridized carbons (Fsp3) is 0.308. The molecule has 0 fully saturated rings. The Morgan fingerprint density at radius 1 is 1.44 bits per heavy atom. The first-order valence-corrected chi connectivity index (χ1v) is 7.38. The first-order valence-electron chi connectivity index (χ1n) is 5.77. The summed E-state index contributed by atoms with van der Waals surface area (Å²) in [5.74, 6) is -0.289. The van der Waals surface area contributed by atoms with Gasteiger partial charge in [0, 0.05) is 23.5 Å². The molecule has 2 heterocycles. The van der Waals surface area contributed by atoms with Crippen LogP contribution in [0.4, 0.5) is 4.39 Å². The number of likely N-dealkylation sites (N-methyl/N-ethyl adjacent to an activating group) is 1. The number of nitrogens with zero attached hydrogens (tertiary/aromatic N) is 1. The average molecular weight is 329 g/mol. The van der Waals surface area contributed by atoms with Crippen LogP contribution in [0.2, 0.25) is 0 Å². The van der Waals surface area contributed by atoms with E-state index in [1.165, 1.54) is 11.1 Å². The maximum absolute atomic E-state index is 13.2. The lowest BCUT2D eigenvalue weighted by atomic mass is 10.0. The zero-order valence-corrected chi connectivity index (χ0v) is 12.4. The van der Waals surface area contributed by atoms with Gasteiger partial charge in [0.2, 0.25) is 0 Å². The molecule has 1 atom stereocenters. The van der Waals surface area contributed by atoms with Crippen molar-refractivity contribution in [2.45, 2.75) is 19.4 Å². The molecule has 0 amide bonds. The number of hydrogen-bond donors (Lipinski definition) is 1. The molecule has 2 nitrogen and oxygen atoms in total. The van der Waals surface area contributed by atoms with Gasteiger partial charge in [-0.15, -0.1) is 11.3 Å². The molecule has 0 saturated heterocycles. The molecule has 0 bridgehead atoms. The number of thiophene rings is 1. The minimum atomic E-state index is -0.289. The number of rotatable bonds is 5. The van der Waals surface area contributed by atoms with Gasteiger partial charge < -0.3 is 5.32 Å². The monoisotopic (exact) mass is 328 g/mol. The van der Waals surface area contributed by atoms with Crippen LogP contribution in [-0.4, -0.2) is 11.5 Å². The Morgan fingerprint density at radius 2 is 2.28 bits per heavy atom. The molecule has 0 radical (unpaired) electrons. The summed E-state index contributed by atoms with van der Waals surface area (Å²) in [5, 5.41) is 3.37. The molecule has 0 saturated carbocycles. The second kappa shape index (κ2) is 6.41. The zero-order chi connectivity index (χ0) is 13.0. The van der Waals surface area contributed by atoms with Crippen LogP contribution in [0.3, 0.4) is 0 Å². The SMILES string of the molecule is CCNC(Cc1ccc(Br)s1)c1cncc(F)c1. The quantitative estimate of drug-likeness (QED) is 0.899. The molecule has 0 aliphatic heterocycles. The number of halogens is 2. The normalized spacial score (nSPS) is 12.6. The summed E-state index contributed by atoms with van der Waals surface area (Å²) < 4.78 is 14.3. The Bertz CT molecular complexity index is 515. The van der Waals surface area contributed by atoms with E-state index in [1.54, 1.807) is 23.6 Å². The maximum Gasteiger partial charge on any atom is 0.141 e. The topological polar surface area (TPSA) is 24.9 Å². The molecule has 5 heteroatoms. The fourth-order valence-corrected chi connectivity index (χ4v) is 3.36. The lowest BCUT2D eigenvalue weighted by molar-refractivity contribution is 0.542. The van der Waals surface area contributed by atoms with Crippen molar-refractivity contribution in [3.63, 3.8) is 0 Å². The van der Waals surface area contributed by atoms with Crippen LogP contribution < -0.4 is 5.32 Å². The lowest BCUT2D eigenvalue weighted by Crippen LogP contribution is -2.22. The Kier molecular flexibility index (Phi) is 4.86. The predicted molar refractivity (Wildman–Crippen MR) is 76.3 cm³/mol. The molecule has 0 aliphatic rings. The Morgan fingerprint density at radius 3 is 2.89 bits per heavy atom. The molecule has 2 aromatic rings. The van der Waals surface area contributed by atoms with Crippen molar-refractivity contribution in [2.24, 2.45) is 0 Å². The van der Waals surface area contributed by atoms with Crippen LogP contribution in [0.25, 0.3) is 0 Å². The molecule has 2 aromatic heterocycles. The molecular weight excluding hydrogens is 315 g/mol. The number of hydrogen-bond acceptors (Lipinski definition) is 3. The number of nitrogens with one attached hydrogen (secondary N) is 1. The molecule has 0 spiro atoms. The van der Waals surface area contributed by atoms with Crippen molar-refractivity contribution in [3.8, 4) is 0 Å². The van der Waals surface area contributed by atoms with Crippen LogP contribution >= 0.6 is 27.3 Å². The van der Waals surface area contributed by atoms with Gasteiger partial charge in [-0.3, -0.25) is 4.98 Å². The highest BCUT2D eigenvalue weighted by atomic mass is 79.9. The van der Waals surface area contributed by atoms with Gasteiger partial charge in [-0.1, -0.05) is 6.92 Å². The third-order valence-electron chi connectivity index (χ3n) is 2.61. The molecule has 18 heavy (non-hydrogen) atoms. The highest BCUT2D eigenvalue weighted by molar-refractivity contribution is 9.11. The molecule has 0 aliphatic carbocycles. The van der Waals surface area contributed by atoms with E-state index in [0.29, 0.717) is 0 Å². The molecule has 1 N–H and O–H groups in total. The van der Waals surface area contributed by atoms with E-state index >= 15 is 0 Å². The van der Waals surface area contributed by atoms with Crippen LogP contribution in [-0.2, 0) is 6.42 Å². The summed E-state index contributed by atoms with van der Waals surface area (Å²) in [7, 11) is 0. The van der Waals surface area contributed by atoms with Crippen molar-refractivity contribution in [3.05, 3.63) is 50.6 Å². The van der Waals surface area contributed by atoms with E-state index in [9.17, 15) is 4.39 Å². The summed E-state index contributed by atoms with van der Waals surface area (Å²) in [5.41, 5.74) is 0.890. The fourth-order valence-electron chi connectivity index (χ4n) is 1.84. The molecule has 2 rings (SSSR count). The van der Waals surface area contributed by atoms with Crippen molar-refractivity contribution in [2.75, 3.05) is 6.54 Å². The van der Waals surface area contributed by atoms with Crippen LogP contribution in [0, 0.1) is 5.82 Å². The van der Waals surface area contributed by atoms with E-state index < -0.39 is 0 Å². The first-order chi connectivity index (χ1) is 8.69. The van der Waals surface area contributed by atoms with Crippen LogP contribution in [0.5, 0.6) is 0 Å². The van der Waals surface area contributed by atoms with Crippen molar-refractivity contribution < 1.29 is 4.39 Å². The zero-order valence-electron chi connectivity index (χ0n) is 9.99. The van der Waals surface area contributed by atoms with Gasteiger partial charge in [-0.25, -0.2) is 4.39 Å². The standard InChI is InChI=1S/C13H14BrFN2S/c1-2-17-12(6-11-3-4-13(14)18-11)9-5-10(15)8-16-7-9/h3-5,7-8,12,17H,2,6H2,1H3. The van der Waals surface area contributed by atoms with Crippen molar-refractivity contribution in [1.82, 2.24) is 10.3 Å². The third-order valence-corrected chi connectivity index (χ3v) is 4.26. The number of pyridine rings is 1. The van der Waals surface area contributed by atoms with Crippen LogP contribution in [0.1, 0.15) is 23.4 Å². The van der Waals surface area contributed by atoms with E-state index in [0.717, 1.165) is 22.3 Å².